The fraction of sp³-hybridized carbons (Fsp3) is 0.475. The fourth-order valence-corrected chi connectivity index (χ4v) is 13.2. The highest BCUT2D eigenvalue weighted by molar-refractivity contribution is 7.90. The second kappa shape index (κ2) is 22.7. The van der Waals surface area contributed by atoms with Crippen LogP contribution >= 0.6 is 0 Å². The van der Waals surface area contributed by atoms with E-state index in [1.807, 2.05) is 12.1 Å². The molecule has 4 N–H and O–H groups in total. The monoisotopic (exact) mass is 1100 g/mol. The van der Waals surface area contributed by atoms with Gasteiger partial charge in [0.25, 0.3) is 21.8 Å². The number of nitro groups is 1. The van der Waals surface area contributed by atoms with Gasteiger partial charge in [0.2, 0.25) is 5.82 Å². The summed E-state index contributed by atoms with van der Waals surface area (Å²) < 4.78 is 62.7. The minimum absolute atomic E-state index is 0.00765. The molecular formula is C59H72FN9O9S. The third kappa shape index (κ3) is 12.0. The molecule has 2 saturated heterocycles. The number of halogens is 1. The summed E-state index contributed by atoms with van der Waals surface area (Å²) in [6.07, 6.45) is 8.79. The van der Waals surface area contributed by atoms with Crippen molar-refractivity contribution >= 4 is 44.2 Å². The molecule has 0 bridgehead atoms. The highest BCUT2D eigenvalue weighted by Gasteiger charge is 2.51. The quantitative estimate of drug-likeness (QED) is 0.0465. The SMILES string of the molecule is CCOc1nc2[nH]cc(F)c2cc1Oc1cc(N2CCC3(CC2)CC(N2C[C@H](C)N(Cc4ccc(OC)cc4)C[C@H]2c2ccccc2C(C)C)C3)ccc1C(=O)NS(=O)(=O)c1cnc(NCC2CCC(C)(O)CC2)c([N+](=O)[O-])c1. The van der Waals surface area contributed by atoms with E-state index in [0.29, 0.717) is 50.2 Å². The number of ether oxygens (including phenoxy) is 3. The number of aliphatic hydroxyl groups is 1. The minimum Gasteiger partial charge on any atom is -0.497 e. The van der Waals surface area contributed by atoms with Gasteiger partial charge in [-0.3, -0.25) is 24.7 Å². The van der Waals surface area contributed by atoms with Gasteiger partial charge < -0.3 is 34.5 Å². The largest absolute Gasteiger partial charge is 0.497 e. The zero-order valence-corrected chi connectivity index (χ0v) is 46.7. The van der Waals surface area contributed by atoms with Crippen molar-refractivity contribution in [1.29, 1.82) is 0 Å². The third-order valence-electron chi connectivity index (χ3n) is 17.0. The summed E-state index contributed by atoms with van der Waals surface area (Å²) in [6.45, 7) is 15.2. The molecule has 2 atom stereocenters. The van der Waals surface area contributed by atoms with Crippen LogP contribution in [0, 0.1) is 27.3 Å². The number of anilines is 2. The Hall–Kier alpha value is -6.87. The van der Waals surface area contributed by atoms with Crippen LogP contribution in [-0.4, -0.2) is 113 Å². The van der Waals surface area contributed by atoms with Gasteiger partial charge in [-0.05, 0) is 130 Å². The molecule has 2 aliphatic heterocycles. The van der Waals surface area contributed by atoms with E-state index >= 15 is 4.39 Å². The Morgan fingerprint density at radius 1 is 1.00 bits per heavy atom. The normalized spacial score (nSPS) is 21.9. The van der Waals surface area contributed by atoms with Crippen molar-refractivity contribution in [2.75, 3.05) is 56.7 Å². The van der Waals surface area contributed by atoms with Gasteiger partial charge in [-0.1, -0.05) is 50.2 Å². The molecule has 5 heterocycles. The average molecular weight is 1100 g/mol. The molecule has 2 aliphatic carbocycles. The Labute approximate surface area is 461 Å². The number of carbonyl (C=O) groups is 1. The molecule has 420 valence electrons. The zero-order chi connectivity index (χ0) is 55.8. The Bertz CT molecular complexity index is 3290. The number of aromatic nitrogens is 3. The number of nitrogens with one attached hydrogen (secondary N) is 3. The first-order valence-electron chi connectivity index (χ1n) is 27.6. The number of carbonyl (C=O) groups excluding carboxylic acids is 1. The topological polar surface area (TPSA) is 218 Å². The van der Waals surface area contributed by atoms with Gasteiger partial charge in [0.05, 0.1) is 41.4 Å². The van der Waals surface area contributed by atoms with Gasteiger partial charge in [-0.2, -0.15) is 4.98 Å². The van der Waals surface area contributed by atoms with Crippen LogP contribution in [0.5, 0.6) is 23.1 Å². The second-order valence-electron chi connectivity index (χ2n) is 22.8. The summed E-state index contributed by atoms with van der Waals surface area (Å²) in [6, 6.07) is 25.5. The lowest BCUT2D eigenvalue weighted by molar-refractivity contribution is -0.384. The highest BCUT2D eigenvalue weighted by atomic mass is 32.2. The van der Waals surface area contributed by atoms with E-state index in [-0.39, 0.29) is 63.8 Å². The fourth-order valence-electron chi connectivity index (χ4n) is 12.3. The number of methoxy groups -OCH3 is 1. The second-order valence-corrected chi connectivity index (χ2v) is 24.4. The lowest BCUT2D eigenvalue weighted by Crippen LogP contribution is -2.61. The van der Waals surface area contributed by atoms with Crippen molar-refractivity contribution in [3.63, 3.8) is 0 Å². The van der Waals surface area contributed by atoms with Gasteiger partial charge in [0.15, 0.2) is 5.75 Å². The van der Waals surface area contributed by atoms with Crippen molar-refractivity contribution in [2.45, 2.75) is 127 Å². The molecule has 2 saturated carbocycles. The summed E-state index contributed by atoms with van der Waals surface area (Å²) in [5, 5.41) is 25.7. The minimum atomic E-state index is -4.75. The smallest absolute Gasteiger partial charge is 0.312 e. The average Bonchev–Trinajstić information content (AvgIpc) is 3.98. The van der Waals surface area contributed by atoms with Gasteiger partial charge in [0, 0.05) is 87.5 Å². The number of sulfonamides is 1. The number of H-pyrrole nitrogens is 1. The number of pyridine rings is 2. The number of piperidine rings is 1. The molecule has 6 aromatic rings. The van der Waals surface area contributed by atoms with E-state index in [2.05, 4.69) is 96.9 Å². The molecule has 0 radical (unpaired) electrons. The van der Waals surface area contributed by atoms with E-state index < -0.39 is 42.9 Å². The van der Waals surface area contributed by atoms with Crippen molar-refractivity contribution in [3.8, 4) is 23.1 Å². The number of hydrogen-bond donors (Lipinski definition) is 4. The van der Waals surface area contributed by atoms with Gasteiger partial charge in [0.1, 0.15) is 27.9 Å². The Balaban J connectivity index is 0.869. The predicted octanol–water partition coefficient (Wildman–Crippen LogP) is 10.5. The number of piperazine rings is 1. The van der Waals surface area contributed by atoms with Crippen LogP contribution in [0.15, 0.2) is 96.2 Å². The van der Waals surface area contributed by atoms with Crippen LogP contribution in [-0.2, 0) is 16.6 Å². The van der Waals surface area contributed by atoms with Crippen LogP contribution < -0.4 is 29.1 Å². The number of benzene rings is 3. The maximum Gasteiger partial charge on any atom is 0.312 e. The molecule has 10 rings (SSSR count). The molecule has 79 heavy (non-hydrogen) atoms. The maximum absolute atomic E-state index is 15.0. The van der Waals surface area contributed by atoms with E-state index in [1.54, 1.807) is 33.1 Å². The number of fused-ring (bicyclic) bond motifs is 1. The molecule has 3 aromatic heterocycles. The zero-order valence-electron chi connectivity index (χ0n) is 45.8. The lowest BCUT2D eigenvalue weighted by Gasteiger charge is -2.59. The molecule has 20 heteroatoms. The molecular weight excluding hydrogens is 1030 g/mol. The van der Waals surface area contributed by atoms with E-state index in [1.165, 1.54) is 28.8 Å². The molecule has 3 aromatic carbocycles. The first kappa shape index (κ1) is 55.4. The first-order chi connectivity index (χ1) is 37.8. The number of hydrogen-bond acceptors (Lipinski definition) is 15. The molecule has 1 spiro atoms. The van der Waals surface area contributed by atoms with Gasteiger partial charge >= 0.3 is 5.69 Å². The molecule has 4 fully saturated rings. The molecule has 0 unspecified atom stereocenters. The van der Waals surface area contributed by atoms with Crippen molar-refractivity contribution in [3.05, 3.63) is 129 Å². The van der Waals surface area contributed by atoms with E-state index in [0.717, 1.165) is 88.3 Å². The van der Waals surface area contributed by atoms with Crippen molar-refractivity contribution in [2.24, 2.45) is 11.3 Å². The highest BCUT2D eigenvalue weighted by Crippen LogP contribution is 2.54. The van der Waals surface area contributed by atoms with Gasteiger partial charge in [-0.25, -0.2) is 22.5 Å². The molecule has 18 nitrogen and oxygen atoms in total. The number of aromatic amines is 1. The first-order valence-corrected chi connectivity index (χ1v) is 29.1. The summed E-state index contributed by atoms with van der Waals surface area (Å²) in [4.78, 5) is 44.2. The number of nitrogens with zero attached hydrogens (tertiary/aromatic N) is 6. The number of rotatable bonds is 18. The Kier molecular flexibility index (Phi) is 15.9. The number of amides is 1. The van der Waals surface area contributed by atoms with Crippen LogP contribution in [0.3, 0.4) is 0 Å². The van der Waals surface area contributed by atoms with E-state index in [9.17, 15) is 28.4 Å². The van der Waals surface area contributed by atoms with Crippen molar-refractivity contribution in [1.82, 2.24) is 29.5 Å². The summed E-state index contributed by atoms with van der Waals surface area (Å²) in [7, 11) is -3.06. The van der Waals surface area contributed by atoms with Crippen molar-refractivity contribution < 1.29 is 41.8 Å². The van der Waals surface area contributed by atoms with Gasteiger partial charge in [-0.15, -0.1) is 0 Å². The third-order valence-corrected chi connectivity index (χ3v) is 18.3. The standard InChI is InChI=1S/C59H72FN9O9S/c1-7-77-57-53(28-48-49(60)33-63-54(48)64-57)78-52-26-41(14-17-47(52)56(70)65-79(74,75)44-27-50(69(72)73)55(62-32-44)61-31-39-18-20-58(5,71)21-19-39)66-24-22-59(23-25-66)29-42(30-59)68-34-38(4)67(35-40-12-15-43(76-6)16-13-40)36-51(68)46-11-9-8-10-45(46)37(2)3/h8-17,26-28,32-33,37-39,42,51,71H,7,18-25,29-31,34-36H2,1-6H3,(H,61,62)(H,63,64)(H,65,70)/t38-,39?,51-,58?/m0/s1. The van der Waals surface area contributed by atoms with Crippen LogP contribution in [0.4, 0.5) is 21.6 Å². The maximum atomic E-state index is 15.0. The summed E-state index contributed by atoms with van der Waals surface area (Å²) in [5.41, 5.74) is 3.65. The summed E-state index contributed by atoms with van der Waals surface area (Å²) >= 11 is 0. The van der Waals surface area contributed by atoms with Crippen LogP contribution in [0.2, 0.25) is 0 Å². The predicted molar refractivity (Wildman–Crippen MR) is 300 cm³/mol. The Morgan fingerprint density at radius 2 is 1.73 bits per heavy atom. The molecule has 4 aliphatic rings. The molecule has 1 amide bonds. The van der Waals surface area contributed by atoms with Crippen LogP contribution in [0.1, 0.15) is 125 Å². The lowest BCUT2D eigenvalue weighted by atomic mass is 9.59. The summed E-state index contributed by atoms with van der Waals surface area (Å²) in [5.74, 6) is -0.452. The van der Waals surface area contributed by atoms with E-state index in [4.69, 9.17) is 14.2 Å². The Morgan fingerprint density at radius 3 is 2.43 bits per heavy atom. The van der Waals surface area contributed by atoms with Crippen LogP contribution in [0.25, 0.3) is 11.0 Å².